The number of sulfonamides is 1. The first-order chi connectivity index (χ1) is 12.1. The second-order valence-electron chi connectivity index (χ2n) is 6.21. The summed E-state index contributed by atoms with van der Waals surface area (Å²) in [4.78, 5) is 24.1. The van der Waals surface area contributed by atoms with E-state index in [-0.39, 0.29) is 29.4 Å². The molecule has 0 heterocycles. The van der Waals surface area contributed by atoms with Crippen molar-refractivity contribution in [3.05, 3.63) is 29.8 Å². The number of nitrogens with one attached hydrogen (secondary N) is 1. The third-order valence-electron chi connectivity index (χ3n) is 3.78. The number of carbonyl (C=O) groups is 2. The van der Waals surface area contributed by atoms with E-state index in [2.05, 4.69) is 5.32 Å². The summed E-state index contributed by atoms with van der Waals surface area (Å²) in [5.74, 6) is -1.22. The van der Waals surface area contributed by atoms with Gasteiger partial charge < -0.3 is 10.1 Å². The lowest BCUT2D eigenvalue weighted by Crippen LogP contribution is -2.33. The van der Waals surface area contributed by atoms with Gasteiger partial charge in [-0.15, -0.1) is 0 Å². The Morgan fingerprint density at radius 1 is 1.08 bits per heavy atom. The van der Waals surface area contributed by atoms with Crippen LogP contribution >= 0.6 is 0 Å². The van der Waals surface area contributed by atoms with Crippen LogP contribution in [0.3, 0.4) is 0 Å². The zero-order chi connectivity index (χ0) is 19.9. The third kappa shape index (κ3) is 5.81. The lowest BCUT2D eigenvalue weighted by molar-refractivity contribution is -0.151. The van der Waals surface area contributed by atoms with Crippen molar-refractivity contribution in [1.82, 2.24) is 9.62 Å². The van der Waals surface area contributed by atoms with E-state index in [0.717, 1.165) is 0 Å². The summed E-state index contributed by atoms with van der Waals surface area (Å²) >= 11 is 0. The summed E-state index contributed by atoms with van der Waals surface area (Å²) in [6.45, 7) is 9.64. The van der Waals surface area contributed by atoms with Gasteiger partial charge >= 0.3 is 5.97 Å². The maximum Gasteiger partial charge on any atom is 0.310 e. The van der Waals surface area contributed by atoms with Gasteiger partial charge in [0.1, 0.15) is 0 Å². The quantitative estimate of drug-likeness (QED) is 0.658. The largest absolute Gasteiger partial charge is 0.463 e. The number of benzene rings is 1. The SMILES string of the molecule is CCN(CC)S(=O)(=O)c1ccc(C(=O)NCC(C)C(=O)OC(C)C)cc1. The van der Waals surface area contributed by atoms with E-state index in [1.54, 1.807) is 34.6 Å². The molecule has 0 saturated heterocycles. The minimum absolute atomic E-state index is 0.143. The topological polar surface area (TPSA) is 92.8 Å². The van der Waals surface area contributed by atoms with Crippen molar-refractivity contribution in [2.75, 3.05) is 19.6 Å². The lowest BCUT2D eigenvalue weighted by atomic mass is 10.1. The number of esters is 1. The normalized spacial score (nSPS) is 12.9. The molecule has 0 radical (unpaired) electrons. The maximum absolute atomic E-state index is 12.4. The van der Waals surface area contributed by atoms with Crippen LogP contribution in [0.1, 0.15) is 45.0 Å². The van der Waals surface area contributed by atoms with Crippen LogP contribution in [0.2, 0.25) is 0 Å². The van der Waals surface area contributed by atoms with Crippen LogP contribution in [0.15, 0.2) is 29.2 Å². The van der Waals surface area contributed by atoms with Crippen molar-refractivity contribution in [2.24, 2.45) is 5.92 Å². The molecule has 0 aliphatic carbocycles. The van der Waals surface area contributed by atoms with Crippen molar-refractivity contribution in [1.29, 1.82) is 0 Å². The Kier molecular flexibility index (Phi) is 8.23. The summed E-state index contributed by atoms with van der Waals surface area (Å²) < 4.78 is 31.3. The molecule has 0 spiro atoms. The van der Waals surface area contributed by atoms with Gasteiger partial charge in [-0.3, -0.25) is 9.59 Å². The zero-order valence-corrected chi connectivity index (χ0v) is 16.8. The first-order valence-corrected chi connectivity index (χ1v) is 10.2. The molecule has 26 heavy (non-hydrogen) atoms. The van der Waals surface area contributed by atoms with Crippen LogP contribution in [-0.4, -0.2) is 50.3 Å². The van der Waals surface area contributed by atoms with Gasteiger partial charge in [0.15, 0.2) is 0 Å². The second kappa shape index (κ2) is 9.68. The molecule has 0 aliphatic rings. The molecule has 0 fully saturated rings. The number of rotatable bonds is 9. The van der Waals surface area contributed by atoms with Gasteiger partial charge in [-0.1, -0.05) is 20.8 Å². The monoisotopic (exact) mass is 384 g/mol. The molecule has 1 rings (SSSR count). The van der Waals surface area contributed by atoms with Gasteiger partial charge in [0.25, 0.3) is 5.91 Å². The number of nitrogens with zero attached hydrogens (tertiary/aromatic N) is 1. The van der Waals surface area contributed by atoms with E-state index in [9.17, 15) is 18.0 Å². The fourth-order valence-electron chi connectivity index (χ4n) is 2.27. The van der Waals surface area contributed by atoms with Gasteiger partial charge in [0.2, 0.25) is 10.0 Å². The molecule has 1 N–H and O–H groups in total. The van der Waals surface area contributed by atoms with Gasteiger partial charge in [-0.2, -0.15) is 4.31 Å². The third-order valence-corrected chi connectivity index (χ3v) is 5.85. The Hall–Kier alpha value is -1.93. The van der Waals surface area contributed by atoms with Crippen molar-refractivity contribution in [2.45, 2.75) is 45.6 Å². The average Bonchev–Trinajstić information content (AvgIpc) is 2.59. The highest BCUT2D eigenvalue weighted by atomic mass is 32.2. The Morgan fingerprint density at radius 2 is 1.62 bits per heavy atom. The summed E-state index contributed by atoms with van der Waals surface area (Å²) in [6, 6.07) is 5.75. The summed E-state index contributed by atoms with van der Waals surface area (Å²) in [6.07, 6.45) is -0.207. The molecule has 1 atom stereocenters. The fourth-order valence-corrected chi connectivity index (χ4v) is 3.73. The molecule has 0 aromatic heterocycles. The second-order valence-corrected chi connectivity index (χ2v) is 8.15. The minimum atomic E-state index is -3.55. The van der Waals surface area contributed by atoms with Crippen LogP contribution in [0.4, 0.5) is 0 Å². The molecular weight excluding hydrogens is 356 g/mol. The standard InChI is InChI=1S/C18H28N2O5S/c1-6-20(7-2)26(23,24)16-10-8-15(9-11-16)17(21)19-12-14(5)18(22)25-13(3)4/h8-11,13-14H,6-7,12H2,1-5H3,(H,19,21). The van der Waals surface area contributed by atoms with E-state index in [1.165, 1.54) is 28.6 Å². The van der Waals surface area contributed by atoms with Gasteiger partial charge in [-0.05, 0) is 38.1 Å². The molecule has 0 bridgehead atoms. The number of ether oxygens (including phenoxy) is 1. The van der Waals surface area contributed by atoms with E-state index >= 15 is 0 Å². The molecule has 1 unspecified atom stereocenters. The fraction of sp³-hybridized carbons (Fsp3) is 0.556. The highest BCUT2D eigenvalue weighted by molar-refractivity contribution is 7.89. The Balaban J connectivity index is 2.74. The van der Waals surface area contributed by atoms with E-state index in [1.807, 2.05) is 0 Å². The van der Waals surface area contributed by atoms with Crippen LogP contribution in [-0.2, 0) is 19.6 Å². The molecule has 0 saturated carbocycles. The Labute approximate surface area is 155 Å². The van der Waals surface area contributed by atoms with E-state index < -0.39 is 15.9 Å². The molecule has 8 heteroatoms. The first kappa shape index (κ1) is 22.1. The van der Waals surface area contributed by atoms with Gasteiger partial charge in [-0.25, -0.2) is 8.42 Å². The van der Waals surface area contributed by atoms with Gasteiger partial charge in [0, 0.05) is 25.2 Å². The van der Waals surface area contributed by atoms with Crippen molar-refractivity contribution in [3.8, 4) is 0 Å². The first-order valence-electron chi connectivity index (χ1n) is 8.72. The predicted octanol–water partition coefficient (Wildman–Crippen LogP) is 2.03. The summed E-state index contributed by atoms with van der Waals surface area (Å²) in [5.41, 5.74) is 0.327. The highest BCUT2D eigenvalue weighted by Crippen LogP contribution is 2.16. The van der Waals surface area contributed by atoms with Crippen molar-refractivity contribution < 1.29 is 22.7 Å². The number of carbonyl (C=O) groups excluding carboxylic acids is 2. The van der Waals surface area contributed by atoms with Crippen LogP contribution < -0.4 is 5.32 Å². The number of hydrogen-bond donors (Lipinski definition) is 1. The predicted molar refractivity (Wildman–Crippen MR) is 99.3 cm³/mol. The Bertz CT molecular complexity index is 710. The highest BCUT2D eigenvalue weighted by Gasteiger charge is 2.22. The van der Waals surface area contributed by atoms with Crippen molar-refractivity contribution in [3.63, 3.8) is 0 Å². The van der Waals surface area contributed by atoms with E-state index in [4.69, 9.17) is 4.74 Å². The molecular formula is C18H28N2O5S. The molecule has 146 valence electrons. The Morgan fingerprint density at radius 3 is 2.08 bits per heavy atom. The number of amides is 1. The van der Waals surface area contributed by atoms with Crippen LogP contribution in [0.25, 0.3) is 0 Å². The summed E-state index contributed by atoms with van der Waals surface area (Å²) in [7, 11) is -3.55. The zero-order valence-electron chi connectivity index (χ0n) is 16.0. The average molecular weight is 384 g/mol. The van der Waals surface area contributed by atoms with Crippen molar-refractivity contribution >= 4 is 21.9 Å². The van der Waals surface area contributed by atoms with Crippen LogP contribution in [0, 0.1) is 5.92 Å². The molecule has 0 aliphatic heterocycles. The smallest absolute Gasteiger partial charge is 0.310 e. The molecule has 1 aromatic carbocycles. The maximum atomic E-state index is 12.4. The molecule has 7 nitrogen and oxygen atoms in total. The lowest BCUT2D eigenvalue weighted by Gasteiger charge is -2.18. The molecule has 1 aromatic rings. The van der Waals surface area contributed by atoms with Crippen LogP contribution in [0.5, 0.6) is 0 Å². The summed E-state index contributed by atoms with van der Waals surface area (Å²) in [5, 5.41) is 2.66. The van der Waals surface area contributed by atoms with E-state index in [0.29, 0.717) is 18.7 Å². The molecule has 1 amide bonds. The number of hydrogen-bond acceptors (Lipinski definition) is 5. The minimum Gasteiger partial charge on any atom is -0.463 e. The van der Waals surface area contributed by atoms with Gasteiger partial charge in [0.05, 0.1) is 16.9 Å².